The number of aromatic nitrogens is 1. The number of rotatable bonds is 5. The van der Waals surface area contributed by atoms with Crippen LogP contribution in [0.4, 0.5) is 5.69 Å². The fourth-order valence-electron chi connectivity index (χ4n) is 1.63. The van der Waals surface area contributed by atoms with Crippen LogP contribution in [0.3, 0.4) is 0 Å². The normalized spacial score (nSPS) is 10.3. The molecule has 1 heterocycles. The van der Waals surface area contributed by atoms with Crippen molar-refractivity contribution in [3.63, 3.8) is 0 Å². The van der Waals surface area contributed by atoms with Crippen LogP contribution < -0.4 is 10.1 Å². The van der Waals surface area contributed by atoms with E-state index in [2.05, 4.69) is 10.3 Å². The number of halogens is 1. The van der Waals surface area contributed by atoms with E-state index in [4.69, 9.17) is 16.3 Å². The van der Waals surface area contributed by atoms with Gasteiger partial charge in [-0.15, -0.1) is 0 Å². The van der Waals surface area contributed by atoms with Gasteiger partial charge in [-0.1, -0.05) is 29.8 Å². The lowest BCUT2D eigenvalue weighted by atomic mass is 10.2. The van der Waals surface area contributed by atoms with Crippen molar-refractivity contribution >= 4 is 17.3 Å². The van der Waals surface area contributed by atoms with Crippen molar-refractivity contribution in [2.24, 2.45) is 0 Å². The van der Waals surface area contributed by atoms with E-state index in [1.165, 1.54) is 6.07 Å². The molecule has 0 saturated heterocycles. The largest absolute Gasteiger partial charge is 0.437 e. The Hall–Kier alpha value is -2.18. The SMILES string of the molecule is CNCc1ccccc1Oc1ncc([N+](=O)[O-])cc1Cl. The Kier molecular flexibility index (Phi) is 4.49. The van der Waals surface area contributed by atoms with E-state index in [0.29, 0.717) is 12.3 Å². The third-order valence-electron chi connectivity index (χ3n) is 2.55. The predicted molar refractivity (Wildman–Crippen MR) is 75.2 cm³/mol. The van der Waals surface area contributed by atoms with E-state index in [1.54, 1.807) is 6.07 Å². The minimum absolute atomic E-state index is 0.0958. The maximum absolute atomic E-state index is 10.6. The van der Waals surface area contributed by atoms with Crippen LogP contribution in [0.25, 0.3) is 0 Å². The number of ether oxygens (including phenoxy) is 1. The summed E-state index contributed by atoms with van der Waals surface area (Å²) in [5.74, 6) is 0.742. The molecular weight excluding hydrogens is 282 g/mol. The first kappa shape index (κ1) is 14.2. The number of hydrogen-bond donors (Lipinski definition) is 1. The molecular formula is C13H12ClN3O3. The highest BCUT2D eigenvalue weighted by Crippen LogP contribution is 2.31. The molecule has 0 bridgehead atoms. The highest BCUT2D eigenvalue weighted by molar-refractivity contribution is 6.32. The van der Waals surface area contributed by atoms with Gasteiger partial charge in [0.05, 0.1) is 4.92 Å². The maximum Gasteiger partial charge on any atom is 0.289 e. The van der Waals surface area contributed by atoms with Gasteiger partial charge < -0.3 is 10.1 Å². The number of para-hydroxylation sites is 1. The van der Waals surface area contributed by atoms with Crippen LogP contribution in [0.2, 0.25) is 5.02 Å². The minimum Gasteiger partial charge on any atom is -0.437 e. The molecule has 6 nitrogen and oxygen atoms in total. The molecule has 0 aliphatic rings. The summed E-state index contributed by atoms with van der Waals surface area (Å²) >= 11 is 5.95. The number of benzene rings is 1. The Balaban J connectivity index is 2.28. The lowest BCUT2D eigenvalue weighted by molar-refractivity contribution is -0.385. The van der Waals surface area contributed by atoms with Crippen LogP contribution in [0.5, 0.6) is 11.6 Å². The second kappa shape index (κ2) is 6.31. The van der Waals surface area contributed by atoms with E-state index in [0.717, 1.165) is 11.8 Å². The standard InChI is InChI=1S/C13H12ClN3O3/c1-15-7-9-4-2-3-5-12(9)20-13-11(14)6-10(8-16-13)17(18)19/h2-6,8,15H,7H2,1H3. The third-order valence-corrected chi connectivity index (χ3v) is 2.82. The number of nitrogens with one attached hydrogen (secondary N) is 1. The van der Waals surface area contributed by atoms with Crippen molar-refractivity contribution in [2.45, 2.75) is 6.54 Å². The highest BCUT2D eigenvalue weighted by atomic mass is 35.5. The molecule has 0 aliphatic carbocycles. The van der Waals surface area contributed by atoms with Crippen molar-refractivity contribution in [3.8, 4) is 11.6 Å². The summed E-state index contributed by atoms with van der Waals surface area (Å²) in [7, 11) is 1.83. The summed E-state index contributed by atoms with van der Waals surface area (Å²) in [6.07, 6.45) is 1.11. The molecule has 0 spiro atoms. The fourth-order valence-corrected chi connectivity index (χ4v) is 1.83. The molecule has 20 heavy (non-hydrogen) atoms. The van der Waals surface area contributed by atoms with Crippen molar-refractivity contribution in [1.82, 2.24) is 10.3 Å². The number of nitro groups is 1. The van der Waals surface area contributed by atoms with Gasteiger partial charge in [-0.25, -0.2) is 4.98 Å². The predicted octanol–water partition coefficient (Wildman–Crippen LogP) is 3.15. The molecule has 2 aromatic rings. The van der Waals surface area contributed by atoms with Crippen LogP contribution >= 0.6 is 11.6 Å². The van der Waals surface area contributed by atoms with Gasteiger partial charge in [0, 0.05) is 18.2 Å². The smallest absolute Gasteiger partial charge is 0.289 e. The molecule has 0 unspecified atom stereocenters. The minimum atomic E-state index is -0.558. The summed E-state index contributed by atoms with van der Waals surface area (Å²) in [5, 5.41) is 13.7. The summed E-state index contributed by atoms with van der Waals surface area (Å²) < 4.78 is 5.62. The molecule has 1 N–H and O–H groups in total. The van der Waals surface area contributed by atoms with Gasteiger partial charge in [-0.2, -0.15) is 0 Å². The van der Waals surface area contributed by atoms with E-state index in [9.17, 15) is 10.1 Å². The van der Waals surface area contributed by atoms with Crippen molar-refractivity contribution in [3.05, 3.63) is 57.2 Å². The summed E-state index contributed by atoms with van der Waals surface area (Å²) in [5.41, 5.74) is 0.761. The van der Waals surface area contributed by atoms with Gasteiger partial charge in [0.25, 0.3) is 5.69 Å². The van der Waals surface area contributed by atoms with E-state index in [1.807, 2.05) is 25.2 Å². The second-order valence-electron chi connectivity index (χ2n) is 3.98. The van der Waals surface area contributed by atoms with Gasteiger partial charge in [0.15, 0.2) is 0 Å². The van der Waals surface area contributed by atoms with Crippen LogP contribution in [-0.4, -0.2) is 17.0 Å². The summed E-state index contributed by atoms with van der Waals surface area (Å²) in [6, 6.07) is 8.62. The maximum atomic E-state index is 10.6. The van der Waals surface area contributed by atoms with Crippen molar-refractivity contribution in [1.29, 1.82) is 0 Å². The molecule has 1 aromatic heterocycles. The van der Waals surface area contributed by atoms with E-state index < -0.39 is 4.92 Å². The molecule has 0 fully saturated rings. The van der Waals surface area contributed by atoms with Gasteiger partial charge in [-0.05, 0) is 13.1 Å². The zero-order chi connectivity index (χ0) is 14.5. The first-order valence-electron chi connectivity index (χ1n) is 5.82. The molecule has 1 aromatic carbocycles. The Morgan fingerprint density at radius 2 is 2.20 bits per heavy atom. The van der Waals surface area contributed by atoms with Crippen LogP contribution in [-0.2, 0) is 6.54 Å². The van der Waals surface area contributed by atoms with Gasteiger partial charge >= 0.3 is 0 Å². The molecule has 0 saturated carbocycles. The monoisotopic (exact) mass is 293 g/mol. The first-order valence-corrected chi connectivity index (χ1v) is 6.20. The molecule has 2 rings (SSSR count). The molecule has 7 heteroatoms. The molecule has 0 aliphatic heterocycles. The zero-order valence-electron chi connectivity index (χ0n) is 10.7. The zero-order valence-corrected chi connectivity index (χ0v) is 11.4. The third kappa shape index (κ3) is 3.23. The number of nitrogens with zero attached hydrogens (tertiary/aromatic N) is 2. The molecule has 104 valence electrons. The lowest BCUT2D eigenvalue weighted by Crippen LogP contribution is -2.06. The second-order valence-corrected chi connectivity index (χ2v) is 4.38. The molecule has 0 atom stereocenters. The van der Waals surface area contributed by atoms with Gasteiger partial charge in [-0.3, -0.25) is 10.1 Å². The first-order chi connectivity index (χ1) is 9.61. The number of pyridine rings is 1. The quantitative estimate of drug-likeness (QED) is 0.677. The summed E-state index contributed by atoms with van der Waals surface area (Å²) in [4.78, 5) is 13.9. The van der Waals surface area contributed by atoms with E-state index >= 15 is 0 Å². The molecule has 0 amide bonds. The highest BCUT2D eigenvalue weighted by Gasteiger charge is 2.13. The Labute approximate surface area is 120 Å². The topological polar surface area (TPSA) is 77.3 Å². The summed E-state index contributed by atoms with van der Waals surface area (Å²) in [6.45, 7) is 0.626. The van der Waals surface area contributed by atoms with E-state index in [-0.39, 0.29) is 16.6 Å². The lowest BCUT2D eigenvalue weighted by Gasteiger charge is -2.10. The average molecular weight is 294 g/mol. The van der Waals surface area contributed by atoms with Crippen LogP contribution in [0.15, 0.2) is 36.5 Å². The number of hydrogen-bond acceptors (Lipinski definition) is 5. The Morgan fingerprint density at radius 3 is 2.85 bits per heavy atom. The molecule has 0 radical (unpaired) electrons. The fraction of sp³-hybridized carbons (Fsp3) is 0.154. The Bertz CT molecular complexity index is 634. The van der Waals surface area contributed by atoms with Crippen molar-refractivity contribution in [2.75, 3.05) is 7.05 Å². The van der Waals surface area contributed by atoms with Gasteiger partial charge in [0.1, 0.15) is 17.0 Å². The van der Waals surface area contributed by atoms with Crippen LogP contribution in [0, 0.1) is 10.1 Å². The van der Waals surface area contributed by atoms with Crippen LogP contribution in [0.1, 0.15) is 5.56 Å². The average Bonchev–Trinajstić information content (AvgIpc) is 2.43. The Morgan fingerprint density at radius 1 is 1.45 bits per heavy atom. The van der Waals surface area contributed by atoms with Crippen molar-refractivity contribution < 1.29 is 9.66 Å². The van der Waals surface area contributed by atoms with Gasteiger partial charge in [0.2, 0.25) is 5.88 Å².